The van der Waals surface area contributed by atoms with Gasteiger partial charge in [-0.05, 0) is 25.2 Å². The minimum Gasteiger partial charge on any atom is -0.348 e. The molecule has 7 heteroatoms. The molecule has 1 saturated carbocycles. The van der Waals surface area contributed by atoms with Crippen molar-refractivity contribution in [2.24, 2.45) is 5.92 Å². The molecule has 1 aliphatic rings. The summed E-state index contributed by atoms with van der Waals surface area (Å²) in [5, 5.41) is 10.9. The number of likely N-dealkylation sites (N-methyl/N-ethyl adjacent to an activating group) is 1. The van der Waals surface area contributed by atoms with E-state index in [0.29, 0.717) is 5.92 Å². The van der Waals surface area contributed by atoms with E-state index in [1.807, 2.05) is 0 Å². The number of nitrogens with one attached hydrogen (secondary N) is 1. The van der Waals surface area contributed by atoms with E-state index in [1.165, 1.54) is 35.0 Å². The molecule has 0 bridgehead atoms. The maximum atomic E-state index is 12.4. The van der Waals surface area contributed by atoms with E-state index in [4.69, 9.17) is 0 Å². The van der Waals surface area contributed by atoms with Gasteiger partial charge in [0, 0.05) is 20.1 Å². The van der Waals surface area contributed by atoms with E-state index in [9.17, 15) is 9.59 Å². The maximum absolute atomic E-state index is 12.4. The lowest BCUT2D eigenvalue weighted by atomic mass is 9.78. The highest BCUT2D eigenvalue weighted by molar-refractivity contribution is 5.92. The van der Waals surface area contributed by atoms with Crippen molar-refractivity contribution in [2.45, 2.75) is 58.0 Å². The van der Waals surface area contributed by atoms with Crippen LogP contribution in [-0.4, -0.2) is 51.8 Å². The van der Waals surface area contributed by atoms with E-state index < -0.39 is 0 Å². The summed E-state index contributed by atoms with van der Waals surface area (Å²) in [6, 6.07) is 0.227. The van der Waals surface area contributed by atoms with Gasteiger partial charge in [-0.3, -0.25) is 9.59 Å². The second kappa shape index (κ2) is 8.08. The zero-order valence-electron chi connectivity index (χ0n) is 14.3. The molecule has 1 fully saturated rings. The predicted molar refractivity (Wildman–Crippen MR) is 86.8 cm³/mol. The van der Waals surface area contributed by atoms with Crippen LogP contribution in [0.3, 0.4) is 0 Å². The summed E-state index contributed by atoms with van der Waals surface area (Å²) < 4.78 is 1.40. The van der Waals surface area contributed by atoms with Gasteiger partial charge in [0.15, 0.2) is 5.69 Å². The number of carbonyl (C=O) groups is 2. The van der Waals surface area contributed by atoms with Crippen molar-refractivity contribution in [3.63, 3.8) is 0 Å². The summed E-state index contributed by atoms with van der Waals surface area (Å²) in [6.07, 6.45) is 8.44. The highest BCUT2D eigenvalue weighted by atomic mass is 16.2. The summed E-state index contributed by atoms with van der Waals surface area (Å²) in [5.74, 6) is 0.314. The first-order valence-electron chi connectivity index (χ1n) is 8.42. The van der Waals surface area contributed by atoms with Gasteiger partial charge in [0.2, 0.25) is 5.91 Å². The summed E-state index contributed by atoms with van der Waals surface area (Å²) in [7, 11) is 3.37. The van der Waals surface area contributed by atoms with Crippen LogP contribution in [0, 0.1) is 5.92 Å². The first kappa shape index (κ1) is 17.4. The zero-order valence-corrected chi connectivity index (χ0v) is 14.3. The predicted octanol–water partition coefficient (Wildman–Crippen LogP) is 1.45. The number of carbonyl (C=O) groups excluding carboxylic acids is 2. The van der Waals surface area contributed by atoms with Gasteiger partial charge >= 0.3 is 0 Å². The highest BCUT2D eigenvalue weighted by Crippen LogP contribution is 2.31. The van der Waals surface area contributed by atoms with Gasteiger partial charge in [0.25, 0.3) is 5.91 Å². The zero-order chi connectivity index (χ0) is 16.8. The van der Waals surface area contributed by atoms with Crippen molar-refractivity contribution in [1.82, 2.24) is 25.2 Å². The molecular formula is C16H27N5O2. The molecule has 1 heterocycles. The number of aromatic nitrogens is 3. The van der Waals surface area contributed by atoms with Crippen molar-refractivity contribution in [3.8, 4) is 0 Å². The van der Waals surface area contributed by atoms with Gasteiger partial charge in [-0.1, -0.05) is 31.4 Å². The third kappa shape index (κ3) is 4.77. The van der Waals surface area contributed by atoms with Crippen LogP contribution >= 0.6 is 0 Å². The molecule has 23 heavy (non-hydrogen) atoms. The Bertz CT molecular complexity index is 536. The van der Waals surface area contributed by atoms with E-state index in [2.05, 4.69) is 22.6 Å². The molecular weight excluding hydrogens is 294 g/mol. The lowest BCUT2D eigenvalue weighted by molar-refractivity contribution is -0.129. The normalized spacial score (nSPS) is 15.8. The van der Waals surface area contributed by atoms with Crippen LogP contribution in [0.2, 0.25) is 0 Å². The Morgan fingerprint density at radius 2 is 2.17 bits per heavy atom. The molecule has 0 spiro atoms. The van der Waals surface area contributed by atoms with Crippen LogP contribution in [0.1, 0.15) is 55.9 Å². The van der Waals surface area contributed by atoms with Crippen LogP contribution < -0.4 is 5.32 Å². The third-order valence-corrected chi connectivity index (χ3v) is 4.47. The fourth-order valence-electron chi connectivity index (χ4n) is 2.69. The number of hydrogen-bond acceptors (Lipinski definition) is 4. The fraction of sp³-hybridized carbons (Fsp3) is 0.750. The monoisotopic (exact) mass is 321 g/mol. The number of hydrogen-bond donors (Lipinski definition) is 1. The Morgan fingerprint density at radius 3 is 2.74 bits per heavy atom. The van der Waals surface area contributed by atoms with E-state index in [-0.39, 0.29) is 30.1 Å². The Morgan fingerprint density at radius 1 is 1.43 bits per heavy atom. The number of rotatable bonds is 8. The summed E-state index contributed by atoms with van der Waals surface area (Å²) >= 11 is 0. The number of nitrogens with zero attached hydrogens (tertiary/aromatic N) is 4. The maximum Gasteiger partial charge on any atom is 0.273 e. The molecule has 1 aromatic heterocycles. The van der Waals surface area contributed by atoms with Crippen molar-refractivity contribution in [3.05, 3.63) is 11.9 Å². The van der Waals surface area contributed by atoms with Gasteiger partial charge in [0.1, 0.15) is 6.54 Å². The van der Waals surface area contributed by atoms with E-state index in [0.717, 1.165) is 19.3 Å². The molecule has 0 aromatic carbocycles. The Labute approximate surface area is 137 Å². The molecule has 2 rings (SSSR count). The minimum atomic E-state index is -0.193. The minimum absolute atomic E-state index is 0.0860. The molecule has 0 aliphatic heterocycles. The summed E-state index contributed by atoms with van der Waals surface area (Å²) in [4.78, 5) is 25.5. The standard InChI is InChI=1S/C16H27N5O2/c1-4-5-9-13(12-7-6-8-12)17-16(23)14-10-21(19-18-14)11-15(22)20(2)3/h10,12-13H,4-9,11H2,1-3H3,(H,17,23). The second-order valence-corrected chi connectivity index (χ2v) is 6.50. The first-order valence-corrected chi connectivity index (χ1v) is 8.42. The van der Waals surface area contributed by atoms with Crippen LogP contribution in [0.5, 0.6) is 0 Å². The molecule has 7 nitrogen and oxygen atoms in total. The number of amides is 2. The molecule has 1 unspecified atom stereocenters. The van der Waals surface area contributed by atoms with Crippen LogP contribution in [0.25, 0.3) is 0 Å². The topological polar surface area (TPSA) is 80.1 Å². The van der Waals surface area contributed by atoms with Crippen LogP contribution in [0.15, 0.2) is 6.20 Å². The smallest absolute Gasteiger partial charge is 0.273 e. The highest BCUT2D eigenvalue weighted by Gasteiger charge is 2.28. The van der Waals surface area contributed by atoms with Gasteiger partial charge < -0.3 is 10.2 Å². The van der Waals surface area contributed by atoms with Crippen LogP contribution in [0.4, 0.5) is 0 Å². The Hall–Kier alpha value is -1.92. The van der Waals surface area contributed by atoms with Crippen molar-refractivity contribution in [2.75, 3.05) is 14.1 Å². The average molecular weight is 321 g/mol. The lowest BCUT2D eigenvalue weighted by Crippen LogP contribution is -2.43. The second-order valence-electron chi connectivity index (χ2n) is 6.50. The quantitative estimate of drug-likeness (QED) is 0.786. The number of unbranched alkanes of at least 4 members (excludes halogenated alkanes) is 1. The van der Waals surface area contributed by atoms with Crippen molar-refractivity contribution < 1.29 is 9.59 Å². The molecule has 128 valence electrons. The Kier molecular flexibility index (Phi) is 6.12. The molecule has 0 radical (unpaired) electrons. The van der Waals surface area contributed by atoms with Crippen LogP contribution in [-0.2, 0) is 11.3 Å². The fourth-order valence-corrected chi connectivity index (χ4v) is 2.69. The van der Waals surface area contributed by atoms with Gasteiger partial charge in [-0.2, -0.15) is 0 Å². The Balaban J connectivity index is 1.93. The van der Waals surface area contributed by atoms with Gasteiger partial charge in [-0.25, -0.2) is 4.68 Å². The molecule has 2 amide bonds. The molecule has 1 aliphatic carbocycles. The van der Waals surface area contributed by atoms with Crippen molar-refractivity contribution in [1.29, 1.82) is 0 Å². The van der Waals surface area contributed by atoms with Gasteiger partial charge in [-0.15, -0.1) is 5.10 Å². The lowest BCUT2D eigenvalue weighted by Gasteiger charge is -2.34. The molecule has 1 N–H and O–H groups in total. The average Bonchev–Trinajstić information content (AvgIpc) is 2.91. The third-order valence-electron chi connectivity index (χ3n) is 4.47. The molecule has 1 atom stereocenters. The summed E-state index contributed by atoms with van der Waals surface area (Å²) in [6.45, 7) is 2.25. The van der Waals surface area contributed by atoms with E-state index >= 15 is 0 Å². The van der Waals surface area contributed by atoms with Crippen molar-refractivity contribution >= 4 is 11.8 Å². The SMILES string of the molecule is CCCCC(NC(=O)c1cn(CC(=O)N(C)C)nn1)C1CCC1. The van der Waals surface area contributed by atoms with Gasteiger partial charge in [0.05, 0.1) is 6.20 Å². The molecule has 0 saturated heterocycles. The largest absolute Gasteiger partial charge is 0.348 e. The summed E-state index contributed by atoms with van der Waals surface area (Å²) in [5.41, 5.74) is 0.275. The van der Waals surface area contributed by atoms with E-state index in [1.54, 1.807) is 14.1 Å². The first-order chi connectivity index (χ1) is 11.0. The molecule has 1 aromatic rings.